The maximum absolute atomic E-state index is 13.5. The van der Waals surface area contributed by atoms with Crippen LogP contribution in [0.25, 0.3) is 37.3 Å². The van der Waals surface area contributed by atoms with Crippen LogP contribution in [0.4, 0.5) is 0 Å². The molecule has 0 bridgehead atoms. The van der Waals surface area contributed by atoms with E-state index in [0.29, 0.717) is 16.2 Å². The van der Waals surface area contributed by atoms with Crippen LogP contribution in [0.5, 0.6) is 0 Å². The molecule has 0 aliphatic rings. The molecular weight excluding hydrogens is 386 g/mol. The molecule has 0 spiro atoms. The first-order chi connectivity index (χ1) is 13.7. The molecule has 0 saturated heterocycles. The molecule has 2 aromatic carbocycles. The fourth-order valence-electron chi connectivity index (χ4n) is 3.10. The van der Waals surface area contributed by atoms with Gasteiger partial charge in [0.15, 0.2) is 5.65 Å². The van der Waals surface area contributed by atoms with Gasteiger partial charge in [-0.1, -0.05) is 54.1 Å². The summed E-state index contributed by atoms with van der Waals surface area (Å²) in [4.78, 5) is 24.0. The van der Waals surface area contributed by atoms with Crippen molar-refractivity contribution < 1.29 is 0 Å². The highest BCUT2D eigenvalue weighted by molar-refractivity contribution is 7.25. The first-order valence-corrected chi connectivity index (χ1v) is 10.5. The molecular formula is C22H15N3OS2. The third-order valence-electron chi connectivity index (χ3n) is 4.49. The summed E-state index contributed by atoms with van der Waals surface area (Å²) in [6.45, 7) is 2.03. The summed E-state index contributed by atoms with van der Waals surface area (Å²) in [5.74, 6) is 0.602. The Bertz CT molecular complexity index is 1320. The molecule has 6 heteroatoms. The average molecular weight is 402 g/mol. The normalized spacial score (nSPS) is 11.2. The van der Waals surface area contributed by atoms with Crippen molar-refractivity contribution in [2.75, 3.05) is 0 Å². The lowest BCUT2D eigenvalue weighted by Gasteiger charge is -2.12. The van der Waals surface area contributed by atoms with Crippen molar-refractivity contribution in [2.45, 2.75) is 6.92 Å². The van der Waals surface area contributed by atoms with Crippen LogP contribution < -0.4 is 5.56 Å². The maximum atomic E-state index is 13.5. The lowest BCUT2D eigenvalue weighted by molar-refractivity contribution is 0.974. The predicted molar refractivity (Wildman–Crippen MR) is 116 cm³/mol. The fourth-order valence-corrected chi connectivity index (χ4v) is 4.83. The van der Waals surface area contributed by atoms with Crippen LogP contribution in [0, 0.1) is 6.92 Å². The number of thiazole rings is 1. The molecule has 3 aromatic heterocycles. The number of nitrogens with zero attached hydrogens (tertiary/aromatic N) is 3. The van der Waals surface area contributed by atoms with E-state index >= 15 is 0 Å². The Morgan fingerprint density at radius 1 is 0.893 bits per heavy atom. The van der Waals surface area contributed by atoms with Gasteiger partial charge < -0.3 is 0 Å². The lowest BCUT2D eigenvalue weighted by Crippen LogP contribution is -2.21. The topological polar surface area (TPSA) is 47.8 Å². The van der Waals surface area contributed by atoms with Gasteiger partial charge in [-0.05, 0) is 30.5 Å². The number of hydrogen-bond donors (Lipinski definition) is 0. The molecule has 0 unspecified atom stereocenters. The fraction of sp³-hybridized carbons (Fsp3) is 0.0455. The van der Waals surface area contributed by atoms with Gasteiger partial charge in [-0.25, -0.2) is 9.97 Å². The smallest absolute Gasteiger partial charge is 0.267 e. The molecule has 0 fully saturated rings. The van der Waals surface area contributed by atoms with Crippen molar-refractivity contribution >= 4 is 33.0 Å². The van der Waals surface area contributed by atoms with Crippen LogP contribution in [0.1, 0.15) is 5.56 Å². The largest absolute Gasteiger partial charge is 0.278 e. The summed E-state index contributed by atoms with van der Waals surface area (Å²) in [7, 11) is 0. The minimum atomic E-state index is -0.0898. The molecule has 0 N–H and O–H groups in total. The second-order valence-electron chi connectivity index (χ2n) is 6.43. The molecule has 136 valence electrons. The molecule has 3 heterocycles. The standard InChI is InChI=1S/C22H15N3OS2/c1-14-9-11-16(12-10-14)25-20(15-6-3-2-4-7-15)23-19-18(22(25)26)28-21(24-19)17-8-5-13-27-17/h2-13H,1H3. The van der Waals surface area contributed by atoms with Crippen molar-refractivity contribution in [1.82, 2.24) is 14.5 Å². The van der Waals surface area contributed by atoms with E-state index in [1.54, 1.807) is 15.9 Å². The summed E-state index contributed by atoms with van der Waals surface area (Å²) < 4.78 is 2.26. The third-order valence-corrected chi connectivity index (χ3v) is 6.56. The van der Waals surface area contributed by atoms with E-state index < -0.39 is 0 Å². The van der Waals surface area contributed by atoms with Crippen LogP contribution in [-0.2, 0) is 0 Å². The molecule has 4 nitrogen and oxygen atoms in total. The minimum absolute atomic E-state index is 0.0898. The second kappa shape index (κ2) is 6.82. The Labute approximate surface area is 169 Å². The number of hydrogen-bond acceptors (Lipinski definition) is 5. The molecule has 0 saturated carbocycles. The Balaban J connectivity index is 1.83. The number of rotatable bonds is 3. The zero-order chi connectivity index (χ0) is 19.1. The molecule has 5 rings (SSSR count). The molecule has 0 aliphatic heterocycles. The molecule has 0 atom stereocenters. The Hall–Kier alpha value is -3.09. The SMILES string of the molecule is Cc1ccc(-n2c(-c3ccccc3)nc3nc(-c4cccs4)sc3c2=O)cc1. The molecule has 28 heavy (non-hydrogen) atoms. The average Bonchev–Trinajstić information content (AvgIpc) is 3.39. The third kappa shape index (κ3) is 2.87. The van der Waals surface area contributed by atoms with Gasteiger partial charge in [0.1, 0.15) is 15.5 Å². The van der Waals surface area contributed by atoms with E-state index in [1.165, 1.54) is 11.3 Å². The van der Waals surface area contributed by atoms with Crippen molar-refractivity contribution in [3.63, 3.8) is 0 Å². The quantitative estimate of drug-likeness (QED) is 0.398. The number of fused-ring (bicyclic) bond motifs is 1. The highest BCUT2D eigenvalue weighted by atomic mass is 32.1. The highest BCUT2D eigenvalue weighted by Gasteiger charge is 2.18. The first kappa shape index (κ1) is 17.0. The van der Waals surface area contributed by atoms with E-state index in [4.69, 9.17) is 4.98 Å². The summed E-state index contributed by atoms with van der Waals surface area (Å²) >= 11 is 3.01. The summed E-state index contributed by atoms with van der Waals surface area (Å²) in [5.41, 5.74) is 3.24. The van der Waals surface area contributed by atoms with Gasteiger partial charge in [0.2, 0.25) is 0 Å². The molecule has 0 amide bonds. The van der Waals surface area contributed by atoms with Gasteiger partial charge >= 0.3 is 0 Å². The minimum Gasteiger partial charge on any atom is -0.267 e. The zero-order valence-electron chi connectivity index (χ0n) is 15.0. The zero-order valence-corrected chi connectivity index (χ0v) is 16.6. The number of aromatic nitrogens is 3. The van der Waals surface area contributed by atoms with Crippen molar-refractivity contribution in [3.8, 4) is 27.0 Å². The summed E-state index contributed by atoms with van der Waals surface area (Å²) in [6.07, 6.45) is 0. The van der Waals surface area contributed by atoms with Gasteiger partial charge in [0, 0.05) is 5.56 Å². The first-order valence-electron chi connectivity index (χ1n) is 8.80. The van der Waals surface area contributed by atoms with Gasteiger partial charge in [-0.2, -0.15) is 0 Å². The summed E-state index contributed by atoms with van der Waals surface area (Å²) in [6, 6.07) is 21.7. The number of thiophene rings is 1. The second-order valence-corrected chi connectivity index (χ2v) is 8.37. The van der Waals surface area contributed by atoms with E-state index in [2.05, 4.69) is 4.98 Å². The highest BCUT2D eigenvalue weighted by Crippen LogP contribution is 2.32. The van der Waals surface area contributed by atoms with Gasteiger partial charge in [0.25, 0.3) is 5.56 Å². The van der Waals surface area contributed by atoms with Crippen LogP contribution in [0.2, 0.25) is 0 Å². The van der Waals surface area contributed by atoms with Crippen molar-refractivity contribution in [3.05, 3.63) is 88.0 Å². The van der Waals surface area contributed by atoms with Crippen molar-refractivity contribution in [2.24, 2.45) is 0 Å². The van der Waals surface area contributed by atoms with E-state index in [9.17, 15) is 4.79 Å². The Morgan fingerprint density at radius 2 is 1.68 bits per heavy atom. The van der Waals surface area contributed by atoms with Crippen LogP contribution >= 0.6 is 22.7 Å². The monoisotopic (exact) mass is 401 g/mol. The van der Waals surface area contributed by atoms with Gasteiger partial charge in [-0.3, -0.25) is 9.36 Å². The van der Waals surface area contributed by atoms with E-state index in [1.807, 2.05) is 79.0 Å². The molecule has 0 radical (unpaired) electrons. The Morgan fingerprint density at radius 3 is 2.39 bits per heavy atom. The van der Waals surface area contributed by atoms with E-state index in [-0.39, 0.29) is 5.56 Å². The van der Waals surface area contributed by atoms with Crippen molar-refractivity contribution in [1.29, 1.82) is 0 Å². The van der Waals surface area contributed by atoms with Crippen LogP contribution in [-0.4, -0.2) is 14.5 Å². The van der Waals surface area contributed by atoms with Gasteiger partial charge in [0.05, 0.1) is 10.6 Å². The maximum Gasteiger partial charge on any atom is 0.278 e. The van der Waals surface area contributed by atoms with Crippen LogP contribution in [0.3, 0.4) is 0 Å². The summed E-state index contributed by atoms with van der Waals surface area (Å²) in [5, 5.41) is 2.84. The van der Waals surface area contributed by atoms with E-state index in [0.717, 1.165) is 26.7 Å². The van der Waals surface area contributed by atoms with Gasteiger partial charge in [-0.15, -0.1) is 22.7 Å². The number of benzene rings is 2. The molecule has 5 aromatic rings. The molecule has 0 aliphatic carbocycles. The predicted octanol–water partition coefficient (Wildman–Crippen LogP) is 5.55. The number of aryl methyl sites for hydroxylation is 1. The lowest BCUT2D eigenvalue weighted by atomic mass is 10.2. The Kier molecular flexibility index (Phi) is 4.15. The van der Waals surface area contributed by atoms with Crippen LogP contribution in [0.15, 0.2) is 76.9 Å².